The van der Waals surface area contributed by atoms with E-state index in [2.05, 4.69) is 28.7 Å². The molecule has 1 N–H and O–H groups in total. The molecule has 44 heavy (non-hydrogen) atoms. The van der Waals surface area contributed by atoms with Crippen LogP contribution in [0.5, 0.6) is 5.88 Å². The molecule has 1 aromatic carbocycles. The largest absolute Gasteiger partial charge is 0.479 e. The lowest BCUT2D eigenvalue weighted by atomic mass is 9.82. The Morgan fingerprint density at radius 1 is 1.07 bits per heavy atom. The van der Waals surface area contributed by atoms with Crippen LogP contribution in [0.3, 0.4) is 0 Å². The molecule has 0 bridgehead atoms. The van der Waals surface area contributed by atoms with Gasteiger partial charge in [0.2, 0.25) is 0 Å². The predicted molar refractivity (Wildman–Crippen MR) is 159 cm³/mol. The number of aryl methyl sites for hydroxylation is 1. The van der Waals surface area contributed by atoms with E-state index < -0.39 is 48.1 Å². The van der Waals surface area contributed by atoms with Gasteiger partial charge in [0.1, 0.15) is 0 Å². The molecule has 1 aliphatic heterocycles. The Labute approximate surface area is 255 Å². The summed E-state index contributed by atoms with van der Waals surface area (Å²) in [5.74, 6) is -3.07. The first kappa shape index (κ1) is 33.2. The number of pyridine rings is 2. The smallest absolute Gasteiger partial charge is 0.425 e. The molecule has 0 radical (unpaired) electrons. The molecule has 11 heteroatoms. The number of carboxylic acids is 1. The number of nitrogens with zero attached hydrogens (tertiary/aromatic N) is 3. The maximum atomic E-state index is 15.5. The van der Waals surface area contributed by atoms with Gasteiger partial charge in [-0.1, -0.05) is 44.2 Å². The van der Waals surface area contributed by atoms with Gasteiger partial charge >= 0.3 is 12.1 Å². The van der Waals surface area contributed by atoms with Crippen LogP contribution in [-0.2, 0) is 16.0 Å². The Hall–Kier alpha value is -3.73. The van der Waals surface area contributed by atoms with Gasteiger partial charge in [0, 0.05) is 54.3 Å². The molecule has 2 aromatic heterocycles. The minimum Gasteiger partial charge on any atom is -0.479 e. The highest BCUT2D eigenvalue weighted by Crippen LogP contribution is 2.44. The van der Waals surface area contributed by atoms with Crippen molar-refractivity contribution < 1.29 is 36.9 Å². The topological polar surface area (TPSA) is 84.8 Å². The molecule has 0 spiro atoms. The third-order valence-electron chi connectivity index (χ3n) is 7.68. The fraction of sp³-hybridized carbons (Fsp3) is 0.485. The average Bonchev–Trinajstić information content (AvgIpc) is 2.92. The summed E-state index contributed by atoms with van der Waals surface area (Å²) in [5.41, 5.74) is 1.56. The maximum Gasteiger partial charge on any atom is 0.425 e. The number of hydrogen-bond donors (Lipinski definition) is 1. The summed E-state index contributed by atoms with van der Waals surface area (Å²) in [5, 5.41) is 10.3. The number of carbonyl (C=O) groups is 1. The summed E-state index contributed by atoms with van der Waals surface area (Å²) in [6, 6.07) is 9.03. The highest BCUT2D eigenvalue weighted by molar-refractivity contribution is 5.86. The van der Waals surface area contributed by atoms with Crippen molar-refractivity contribution in [3.05, 3.63) is 71.4 Å². The molecule has 0 aliphatic carbocycles. The standard InChI is InChI=1S/C33H39F4N3O4/c1-20-26(28(30(41)42)44-31(2,3)4)27(40-14-12-32(5,6)13-15-40)23(19-38-20)22-17-24(34)29(39-18-22)43-25(33(35,36)37)16-21-10-8-7-9-11-21/h7-11,17-19,25,28H,12-16H2,1-6H3,(H,41,42)/t25?,28-/m0/s1. The molecular weight excluding hydrogens is 578 g/mol. The van der Waals surface area contributed by atoms with E-state index >= 15 is 4.39 Å². The minimum absolute atomic E-state index is 0.0778. The molecule has 7 nitrogen and oxygen atoms in total. The predicted octanol–water partition coefficient (Wildman–Crippen LogP) is 7.71. The number of rotatable bonds is 9. The van der Waals surface area contributed by atoms with Crippen LogP contribution in [0.2, 0.25) is 0 Å². The summed E-state index contributed by atoms with van der Waals surface area (Å²) >= 11 is 0. The Kier molecular flexibility index (Phi) is 9.58. The van der Waals surface area contributed by atoms with E-state index in [1.165, 1.54) is 24.5 Å². The lowest BCUT2D eigenvalue weighted by Gasteiger charge is -2.40. The van der Waals surface area contributed by atoms with Crippen molar-refractivity contribution in [3.63, 3.8) is 0 Å². The van der Waals surface area contributed by atoms with Gasteiger partial charge in [-0.3, -0.25) is 4.98 Å². The first-order valence-corrected chi connectivity index (χ1v) is 14.5. The van der Waals surface area contributed by atoms with Gasteiger partial charge in [0.05, 0.1) is 11.3 Å². The van der Waals surface area contributed by atoms with Crippen LogP contribution >= 0.6 is 0 Å². The third-order valence-corrected chi connectivity index (χ3v) is 7.68. The number of halogens is 4. The van der Waals surface area contributed by atoms with Gasteiger partial charge < -0.3 is 19.5 Å². The number of aromatic nitrogens is 2. The number of hydrogen-bond acceptors (Lipinski definition) is 6. The Balaban J connectivity index is 1.79. The highest BCUT2D eigenvalue weighted by Gasteiger charge is 2.43. The molecule has 1 aliphatic rings. The van der Waals surface area contributed by atoms with Gasteiger partial charge in [-0.05, 0) is 57.6 Å². The Bertz CT molecular complexity index is 1460. The third kappa shape index (κ3) is 8.05. The number of benzene rings is 1. The van der Waals surface area contributed by atoms with Crippen molar-refractivity contribution in [2.75, 3.05) is 18.0 Å². The summed E-state index contributed by atoms with van der Waals surface area (Å²) < 4.78 is 68.2. The van der Waals surface area contributed by atoms with E-state index in [0.717, 1.165) is 18.9 Å². The van der Waals surface area contributed by atoms with Crippen molar-refractivity contribution >= 4 is 11.7 Å². The van der Waals surface area contributed by atoms with Crippen LogP contribution < -0.4 is 9.64 Å². The normalized spacial score (nSPS) is 16.8. The molecule has 1 saturated heterocycles. The second-order valence-corrected chi connectivity index (χ2v) is 13.0. The van der Waals surface area contributed by atoms with Crippen molar-refractivity contribution in [1.29, 1.82) is 0 Å². The van der Waals surface area contributed by atoms with Gasteiger partial charge in [-0.15, -0.1) is 0 Å². The molecule has 0 amide bonds. The van der Waals surface area contributed by atoms with Crippen LogP contribution in [0, 0.1) is 18.2 Å². The SMILES string of the molecule is Cc1ncc(-c2cnc(OC(Cc3ccccc3)C(F)(F)F)c(F)c2)c(N2CCC(C)(C)CC2)c1[C@H](OC(C)(C)C)C(=O)O. The number of carboxylic acid groups (broad SMARTS) is 1. The fourth-order valence-corrected chi connectivity index (χ4v) is 5.24. The summed E-state index contributed by atoms with van der Waals surface area (Å²) in [7, 11) is 0. The number of aliphatic carboxylic acids is 1. The molecule has 238 valence electrons. The van der Waals surface area contributed by atoms with Gasteiger partial charge in [0.25, 0.3) is 5.88 Å². The molecule has 3 aromatic rings. The molecule has 1 unspecified atom stereocenters. The van der Waals surface area contributed by atoms with Crippen LogP contribution in [-0.4, -0.2) is 52.0 Å². The summed E-state index contributed by atoms with van der Waals surface area (Å²) in [6.07, 6.45) is -4.60. The molecule has 1 fully saturated rings. The number of alkyl halides is 3. The number of anilines is 1. The molecule has 0 saturated carbocycles. The first-order chi connectivity index (χ1) is 20.4. The lowest BCUT2D eigenvalue weighted by molar-refractivity contribution is -0.195. The van der Waals surface area contributed by atoms with Gasteiger partial charge in [-0.2, -0.15) is 13.2 Å². The fourth-order valence-electron chi connectivity index (χ4n) is 5.24. The monoisotopic (exact) mass is 617 g/mol. The van der Waals surface area contributed by atoms with E-state index in [1.807, 2.05) is 0 Å². The second-order valence-electron chi connectivity index (χ2n) is 13.0. The van der Waals surface area contributed by atoms with E-state index in [-0.39, 0.29) is 11.0 Å². The lowest BCUT2D eigenvalue weighted by Crippen LogP contribution is -2.39. The van der Waals surface area contributed by atoms with Crippen LogP contribution in [0.1, 0.15) is 70.4 Å². The highest BCUT2D eigenvalue weighted by atomic mass is 19.4. The Morgan fingerprint density at radius 3 is 2.25 bits per heavy atom. The zero-order valence-electron chi connectivity index (χ0n) is 25.8. The zero-order valence-corrected chi connectivity index (χ0v) is 25.8. The molecule has 3 heterocycles. The molecule has 2 atom stereocenters. The van der Waals surface area contributed by atoms with Crippen molar-refractivity contribution in [2.24, 2.45) is 5.41 Å². The quantitative estimate of drug-likeness (QED) is 0.246. The van der Waals surface area contributed by atoms with Crippen LogP contribution in [0.4, 0.5) is 23.2 Å². The van der Waals surface area contributed by atoms with Crippen molar-refractivity contribution in [1.82, 2.24) is 9.97 Å². The van der Waals surface area contributed by atoms with Gasteiger partial charge in [-0.25, -0.2) is 14.2 Å². The summed E-state index contributed by atoms with van der Waals surface area (Å²) in [6.45, 7) is 12.5. The Morgan fingerprint density at radius 2 is 1.70 bits per heavy atom. The van der Waals surface area contributed by atoms with Crippen molar-refractivity contribution in [3.8, 4) is 17.0 Å². The van der Waals surface area contributed by atoms with Crippen molar-refractivity contribution in [2.45, 2.75) is 84.8 Å². The number of piperidine rings is 1. The average molecular weight is 618 g/mol. The van der Waals surface area contributed by atoms with E-state index in [4.69, 9.17) is 9.47 Å². The molecule has 4 rings (SSSR count). The van der Waals surface area contributed by atoms with Gasteiger partial charge in [0.15, 0.2) is 18.0 Å². The summed E-state index contributed by atoms with van der Waals surface area (Å²) in [4.78, 5) is 23.0. The minimum atomic E-state index is -4.77. The maximum absolute atomic E-state index is 15.5. The second kappa shape index (κ2) is 12.7. The van der Waals surface area contributed by atoms with E-state index in [9.17, 15) is 23.1 Å². The number of ether oxygens (including phenoxy) is 2. The van der Waals surface area contributed by atoms with Crippen LogP contribution in [0.25, 0.3) is 11.1 Å². The first-order valence-electron chi connectivity index (χ1n) is 14.5. The van der Waals surface area contributed by atoms with Crippen LogP contribution in [0.15, 0.2) is 48.8 Å². The zero-order chi connectivity index (χ0) is 32.4. The molecular formula is C33H39F4N3O4. The van der Waals surface area contributed by atoms with E-state index in [1.54, 1.807) is 45.9 Å². The van der Waals surface area contributed by atoms with E-state index in [0.29, 0.717) is 41.2 Å².